The molecule has 1 aliphatic rings. The third kappa shape index (κ3) is 19.5. The van der Waals surface area contributed by atoms with Crippen LogP contribution in [0.1, 0.15) is 34.6 Å². The van der Waals surface area contributed by atoms with Gasteiger partial charge in [0.15, 0.2) is 12.1 Å². The molecule has 0 aromatic carbocycles. The van der Waals surface area contributed by atoms with Crippen LogP contribution in [0.4, 0.5) is 0 Å². The molecule has 0 spiro atoms. The number of aliphatic hydroxyl groups excluding tert-OH is 2. The zero-order valence-electron chi connectivity index (χ0n) is 30.7. The van der Waals surface area contributed by atoms with E-state index in [1.54, 1.807) is 20.1 Å². The Morgan fingerprint density at radius 3 is 1.62 bits per heavy atom. The zero-order valence-corrected chi connectivity index (χ0v) is 31.7. The Balaban J connectivity index is -0.000000564. The number of hydrogen-bond acceptors (Lipinski definition) is 10. The van der Waals surface area contributed by atoms with E-state index in [9.17, 15) is 19.8 Å². The zero-order chi connectivity index (χ0) is 37.3. The summed E-state index contributed by atoms with van der Waals surface area (Å²) in [6.45, 7) is 30.3. The van der Waals surface area contributed by atoms with Gasteiger partial charge in [0.2, 0.25) is 8.32 Å². The number of rotatable bonds is 16. The van der Waals surface area contributed by atoms with Crippen molar-refractivity contribution in [2.75, 3.05) is 28.4 Å². The predicted octanol–water partition coefficient (Wildman–Crippen LogP) is 5.90. The Kier molecular flexibility index (Phi) is 28.0. The Morgan fingerprint density at radius 1 is 0.872 bits per heavy atom. The van der Waals surface area contributed by atoms with E-state index in [0.29, 0.717) is 11.9 Å². The Hall–Kier alpha value is -2.90. The van der Waals surface area contributed by atoms with Crippen LogP contribution in [0.2, 0.25) is 19.6 Å². The van der Waals surface area contributed by atoms with Gasteiger partial charge in [0.05, 0.1) is 12.2 Å². The molecule has 0 saturated heterocycles. The van der Waals surface area contributed by atoms with Crippen molar-refractivity contribution < 1.29 is 47.9 Å². The van der Waals surface area contributed by atoms with Crippen LogP contribution in [0.3, 0.4) is 0 Å². The van der Waals surface area contributed by atoms with Gasteiger partial charge >= 0.3 is 0 Å². The Labute approximate surface area is 285 Å². The van der Waals surface area contributed by atoms with Crippen LogP contribution in [-0.2, 0) is 37.7 Å². The van der Waals surface area contributed by atoms with Crippen molar-refractivity contribution in [2.45, 2.75) is 97.0 Å². The third-order valence-corrected chi connectivity index (χ3v) is 7.53. The van der Waals surface area contributed by atoms with E-state index in [-0.39, 0.29) is 23.9 Å². The smallest absolute Gasteiger partial charge is 0.242 e. The molecule has 0 aromatic rings. The number of ketones is 1. The highest BCUT2D eigenvalue weighted by atomic mass is 28.4. The summed E-state index contributed by atoms with van der Waals surface area (Å²) in [6.07, 6.45) is 7.90. The Morgan fingerprint density at radius 2 is 1.36 bits per heavy atom. The minimum Gasteiger partial charge on any atom is -0.544 e. The first-order valence-corrected chi connectivity index (χ1v) is 18.7. The minimum absolute atomic E-state index is 0.116. The molecule has 0 aromatic heterocycles. The summed E-state index contributed by atoms with van der Waals surface area (Å²) in [6, 6.07) is 0. The lowest BCUT2D eigenvalue weighted by Crippen LogP contribution is -2.44. The van der Waals surface area contributed by atoms with Crippen molar-refractivity contribution >= 4 is 20.4 Å². The van der Waals surface area contributed by atoms with Gasteiger partial charge in [0, 0.05) is 34.0 Å². The van der Waals surface area contributed by atoms with Crippen molar-refractivity contribution in [3.05, 3.63) is 85.9 Å². The molecule has 0 radical (unpaired) electrons. The maximum absolute atomic E-state index is 11.6. The number of carbonyl (C=O) groups is 2. The molecular weight excluding hydrogens is 620 g/mol. The fourth-order valence-electron chi connectivity index (χ4n) is 3.78. The van der Waals surface area contributed by atoms with Gasteiger partial charge in [-0.1, -0.05) is 37.3 Å². The van der Waals surface area contributed by atoms with Crippen LogP contribution in [-0.4, -0.2) is 102 Å². The first kappa shape index (κ1) is 48.5. The van der Waals surface area contributed by atoms with Crippen molar-refractivity contribution in [3.63, 3.8) is 0 Å². The molecule has 0 saturated carbocycles. The van der Waals surface area contributed by atoms with Crippen molar-refractivity contribution in [1.29, 1.82) is 0 Å². The van der Waals surface area contributed by atoms with E-state index in [4.69, 9.17) is 23.4 Å². The number of ether oxygens (including phenoxy) is 5. The molecule has 0 bridgehead atoms. The minimum atomic E-state index is -1.43. The van der Waals surface area contributed by atoms with Crippen molar-refractivity contribution in [1.82, 2.24) is 0 Å². The third-order valence-electron chi connectivity index (χ3n) is 6.70. The summed E-state index contributed by atoms with van der Waals surface area (Å²) in [5, 5.41) is 19.3. The van der Waals surface area contributed by atoms with Gasteiger partial charge in [-0.25, -0.2) is 0 Å². The first-order valence-electron chi connectivity index (χ1n) is 15.3. The molecule has 0 aliphatic carbocycles. The van der Waals surface area contributed by atoms with Gasteiger partial charge < -0.3 is 43.1 Å². The fraction of sp³-hybridized carbons (Fsp3) is 0.556. The van der Waals surface area contributed by atoms with Crippen LogP contribution < -0.4 is 0 Å². The molecule has 1 heterocycles. The van der Waals surface area contributed by atoms with E-state index in [1.807, 2.05) is 26.8 Å². The van der Waals surface area contributed by atoms with E-state index < -0.39 is 38.8 Å². The maximum atomic E-state index is 11.6. The quantitative estimate of drug-likeness (QED) is 0.0668. The highest BCUT2D eigenvalue weighted by Gasteiger charge is 2.34. The standard InChI is InChI=1S/C11H16O3.C10H18O4.C10H20OSi.C5H8O2/c1-5-9(13-4)11-8(3)10(12)7(2)6-14-11;1-5-7(13-3)9(11)10(12)8(6-2)14-4;1-7-9(3)10(8-2)11-12(4,5)6;1-3-5(4-6)7-2/h5-6,8-9,11H,1H2,2-4H3;5-12H,1-2H2,3-4H3;7-8H,1-6H3;3-5H,1H2,2H3/b;;9-7+,10-8-;/t8-,9+,11?;7-,8-,9-,10?;;5-/m10.0/s1. The normalized spacial score (nSPS) is 20.1. The van der Waals surface area contributed by atoms with Crippen molar-refractivity contribution in [2.24, 2.45) is 5.92 Å². The lowest BCUT2D eigenvalue weighted by Gasteiger charge is -2.31. The molecule has 8 atom stereocenters. The number of hydrogen-bond donors (Lipinski definition) is 2. The van der Waals surface area contributed by atoms with Gasteiger partial charge in [0.1, 0.15) is 48.5 Å². The van der Waals surface area contributed by atoms with Gasteiger partial charge in [-0.05, 0) is 59.0 Å². The number of aldehydes is 1. The second-order valence-corrected chi connectivity index (χ2v) is 15.7. The fourth-order valence-corrected chi connectivity index (χ4v) is 4.72. The molecule has 2 unspecified atom stereocenters. The SMILES string of the molecule is C/C=C(O[Si](C)(C)C)/C(C)=C/C.C=C[C@@H](C=O)OC.C=C[C@H](OC)C(O)[C@@H](O)[C@H](C=C)OC.C=C[C@H](OC)C1OC=C(C)C(=O)[C@H]1C. The Bertz CT molecular complexity index is 999. The van der Waals surface area contributed by atoms with Crippen LogP contribution in [0.25, 0.3) is 0 Å². The van der Waals surface area contributed by atoms with Gasteiger partial charge in [0.25, 0.3) is 0 Å². The number of allylic oxidation sites excluding steroid dienone is 4. The lowest BCUT2D eigenvalue weighted by atomic mass is 9.90. The second-order valence-electron chi connectivity index (χ2n) is 11.3. The van der Waals surface area contributed by atoms with Crippen LogP contribution in [0.5, 0.6) is 0 Å². The molecule has 1 rings (SSSR count). The molecule has 10 nitrogen and oxygen atoms in total. The molecule has 11 heteroatoms. The van der Waals surface area contributed by atoms with E-state index in [2.05, 4.69) is 63.7 Å². The number of methoxy groups -OCH3 is 4. The summed E-state index contributed by atoms with van der Waals surface area (Å²) in [7, 11) is 4.47. The largest absolute Gasteiger partial charge is 0.544 e. The van der Waals surface area contributed by atoms with Crippen LogP contribution >= 0.6 is 0 Å². The summed E-state index contributed by atoms with van der Waals surface area (Å²) < 4.78 is 30.8. The molecular formula is C36H62O10Si. The van der Waals surface area contributed by atoms with Crippen molar-refractivity contribution in [3.8, 4) is 0 Å². The maximum Gasteiger partial charge on any atom is 0.242 e. The number of carbonyl (C=O) groups excluding carboxylic acids is 2. The highest BCUT2D eigenvalue weighted by Crippen LogP contribution is 2.24. The van der Waals surface area contributed by atoms with E-state index in [1.165, 1.54) is 51.4 Å². The summed E-state index contributed by atoms with van der Waals surface area (Å²) >= 11 is 0. The van der Waals surface area contributed by atoms with Crippen LogP contribution in [0.15, 0.2) is 85.9 Å². The molecule has 47 heavy (non-hydrogen) atoms. The molecule has 270 valence electrons. The average Bonchev–Trinajstić information content (AvgIpc) is 3.06. The highest BCUT2D eigenvalue weighted by molar-refractivity contribution is 6.70. The summed E-state index contributed by atoms with van der Waals surface area (Å²) in [4.78, 5) is 21.4. The first-order chi connectivity index (χ1) is 22.0. The van der Waals surface area contributed by atoms with E-state index in [0.717, 1.165) is 5.76 Å². The second kappa shape index (κ2) is 27.1. The molecule has 2 N–H and O–H groups in total. The molecule has 0 amide bonds. The van der Waals surface area contributed by atoms with E-state index >= 15 is 0 Å². The predicted molar refractivity (Wildman–Crippen MR) is 192 cm³/mol. The lowest BCUT2D eigenvalue weighted by molar-refractivity contribution is -0.128. The summed E-state index contributed by atoms with van der Waals surface area (Å²) in [5.74, 6) is 0.977. The van der Waals surface area contributed by atoms with Gasteiger partial charge in [-0.3, -0.25) is 4.79 Å². The van der Waals surface area contributed by atoms with Gasteiger partial charge in [-0.2, -0.15) is 0 Å². The summed E-state index contributed by atoms with van der Waals surface area (Å²) in [5.41, 5.74) is 1.88. The number of Topliss-reactive ketones (excluding diaryl/α,β-unsaturated/α-hetero) is 1. The number of aliphatic hydroxyl groups is 2. The van der Waals surface area contributed by atoms with Gasteiger partial charge in [-0.15, -0.1) is 26.3 Å². The molecule has 1 aliphatic heterocycles. The van der Waals surface area contributed by atoms with Crippen LogP contribution in [0, 0.1) is 5.92 Å². The average molecular weight is 683 g/mol. The monoisotopic (exact) mass is 682 g/mol. The topological polar surface area (TPSA) is 130 Å². The molecule has 0 fully saturated rings.